The number of hydroxylamine groups is 2. The number of halogens is 1. The van der Waals surface area contributed by atoms with Crippen LogP contribution in [-0.4, -0.2) is 75.0 Å². The minimum absolute atomic E-state index is 0.133. The Hall–Kier alpha value is -1.30. The van der Waals surface area contributed by atoms with Gasteiger partial charge in [-0.2, -0.15) is 0 Å². The number of ether oxygens (including phenoxy) is 2. The van der Waals surface area contributed by atoms with E-state index in [0.29, 0.717) is 10.6 Å². The Balaban J connectivity index is 1.64. The molecular weight excluding hydrogens is 394 g/mol. The van der Waals surface area contributed by atoms with Crippen molar-refractivity contribution in [3.8, 4) is 0 Å². The van der Waals surface area contributed by atoms with Gasteiger partial charge in [-0.3, -0.25) is 4.79 Å². The van der Waals surface area contributed by atoms with Crippen LogP contribution in [0.3, 0.4) is 0 Å². The second-order valence-corrected chi connectivity index (χ2v) is 7.87. The summed E-state index contributed by atoms with van der Waals surface area (Å²) in [6, 6.07) is 7.07. The Kier molecular flexibility index (Phi) is 6.28. The zero-order chi connectivity index (χ0) is 20.6. The SMILES string of the molecule is CC1(C)C(=O)N(Cc2ccccc2Cl)OC1OC[C@H]1O[C@@H](O)[C@H](O)[C@@H](O)[C@@H]1O. The van der Waals surface area contributed by atoms with E-state index in [0.717, 1.165) is 5.06 Å². The van der Waals surface area contributed by atoms with E-state index in [1.807, 2.05) is 0 Å². The predicted octanol–water partition coefficient (Wildman–Crippen LogP) is -0.217. The summed E-state index contributed by atoms with van der Waals surface area (Å²) in [6.45, 7) is 3.16. The summed E-state index contributed by atoms with van der Waals surface area (Å²) in [5.41, 5.74) is -0.322. The standard InChI is InChI=1S/C18H24ClNO8/c1-18(2)16(25)20(7-9-5-3-4-6-10(9)19)28-17(18)26-8-11-12(21)13(22)14(23)15(24)27-11/h3-6,11-15,17,21-24H,7-8H2,1-2H3/t11-,12-,13+,14-,15-,17?/m1/s1. The van der Waals surface area contributed by atoms with Crippen molar-refractivity contribution in [1.29, 1.82) is 0 Å². The van der Waals surface area contributed by atoms with Gasteiger partial charge in [0.1, 0.15) is 24.4 Å². The summed E-state index contributed by atoms with van der Waals surface area (Å²) in [4.78, 5) is 18.3. The lowest BCUT2D eigenvalue weighted by Crippen LogP contribution is -2.58. The van der Waals surface area contributed by atoms with Gasteiger partial charge < -0.3 is 29.9 Å². The molecule has 0 spiro atoms. The van der Waals surface area contributed by atoms with Crippen LogP contribution >= 0.6 is 11.6 Å². The summed E-state index contributed by atoms with van der Waals surface area (Å²) < 4.78 is 10.7. The molecule has 1 aromatic rings. The van der Waals surface area contributed by atoms with Crippen molar-refractivity contribution in [1.82, 2.24) is 5.06 Å². The maximum absolute atomic E-state index is 12.7. The minimum Gasteiger partial charge on any atom is -0.387 e. The van der Waals surface area contributed by atoms with Crippen LogP contribution in [0.15, 0.2) is 24.3 Å². The Labute approximate surface area is 166 Å². The molecule has 1 unspecified atom stereocenters. The van der Waals surface area contributed by atoms with Gasteiger partial charge in [0, 0.05) is 5.02 Å². The fourth-order valence-electron chi connectivity index (χ4n) is 3.10. The molecule has 4 N–H and O–H groups in total. The third kappa shape index (κ3) is 4.03. The molecule has 2 fully saturated rings. The monoisotopic (exact) mass is 417 g/mol. The van der Waals surface area contributed by atoms with E-state index in [1.54, 1.807) is 38.1 Å². The molecule has 0 aliphatic carbocycles. The molecule has 0 saturated carbocycles. The lowest BCUT2D eigenvalue weighted by Gasteiger charge is -2.38. The molecule has 156 valence electrons. The first-order valence-corrected chi connectivity index (χ1v) is 9.22. The first-order valence-electron chi connectivity index (χ1n) is 8.84. The van der Waals surface area contributed by atoms with E-state index >= 15 is 0 Å². The second-order valence-electron chi connectivity index (χ2n) is 7.46. The number of aliphatic hydroxyl groups is 4. The molecule has 2 saturated heterocycles. The third-order valence-corrected chi connectivity index (χ3v) is 5.33. The van der Waals surface area contributed by atoms with Crippen LogP contribution in [0.4, 0.5) is 0 Å². The number of hydrogen-bond donors (Lipinski definition) is 4. The topological polar surface area (TPSA) is 129 Å². The molecular formula is C18H24ClNO8. The first kappa shape index (κ1) is 21.4. The highest BCUT2D eigenvalue weighted by atomic mass is 35.5. The summed E-state index contributed by atoms with van der Waals surface area (Å²) in [5.74, 6) is -0.307. The Morgan fingerprint density at radius 2 is 1.82 bits per heavy atom. The highest BCUT2D eigenvalue weighted by Crippen LogP contribution is 2.36. The van der Waals surface area contributed by atoms with Crippen LogP contribution < -0.4 is 0 Å². The summed E-state index contributed by atoms with van der Waals surface area (Å²) in [6.07, 6.45) is -8.45. The molecule has 0 radical (unpaired) electrons. The van der Waals surface area contributed by atoms with Gasteiger partial charge in [-0.05, 0) is 25.5 Å². The van der Waals surface area contributed by atoms with Crippen LogP contribution in [0.5, 0.6) is 0 Å². The smallest absolute Gasteiger partial charge is 0.257 e. The number of rotatable bonds is 5. The number of benzene rings is 1. The van der Waals surface area contributed by atoms with Gasteiger partial charge in [-0.25, -0.2) is 9.90 Å². The number of hydrogen-bond acceptors (Lipinski definition) is 8. The van der Waals surface area contributed by atoms with Crippen molar-refractivity contribution in [3.63, 3.8) is 0 Å². The quantitative estimate of drug-likeness (QED) is 0.517. The van der Waals surface area contributed by atoms with Gasteiger partial charge in [0.25, 0.3) is 5.91 Å². The van der Waals surface area contributed by atoms with Crippen molar-refractivity contribution >= 4 is 17.5 Å². The fourth-order valence-corrected chi connectivity index (χ4v) is 3.29. The van der Waals surface area contributed by atoms with Crippen molar-refractivity contribution in [2.45, 2.75) is 57.4 Å². The van der Waals surface area contributed by atoms with Crippen LogP contribution in [0, 0.1) is 5.41 Å². The summed E-state index contributed by atoms with van der Waals surface area (Å²) in [7, 11) is 0. The van der Waals surface area contributed by atoms with Crippen molar-refractivity contribution < 1.29 is 39.5 Å². The molecule has 6 atom stereocenters. The largest absolute Gasteiger partial charge is 0.387 e. The number of aliphatic hydroxyl groups excluding tert-OH is 4. The highest BCUT2D eigenvalue weighted by Gasteiger charge is 2.51. The molecule has 0 bridgehead atoms. The van der Waals surface area contributed by atoms with Crippen LogP contribution in [-0.2, 0) is 25.7 Å². The van der Waals surface area contributed by atoms with Gasteiger partial charge in [0.2, 0.25) is 0 Å². The van der Waals surface area contributed by atoms with Gasteiger partial charge in [0.05, 0.1) is 18.6 Å². The molecule has 2 heterocycles. The lowest BCUT2D eigenvalue weighted by atomic mass is 9.92. The molecule has 10 heteroatoms. The van der Waals surface area contributed by atoms with Crippen LogP contribution in [0.2, 0.25) is 5.02 Å². The molecule has 9 nitrogen and oxygen atoms in total. The van der Waals surface area contributed by atoms with E-state index in [-0.39, 0.29) is 19.1 Å². The van der Waals surface area contributed by atoms with E-state index in [2.05, 4.69) is 0 Å². The number of nitrogens with zero attached hydrogens (tertiary/aromatic N) is 1. The fraction of sp³-hybridized carbons (Fsp3) is 0.611. The van der Waals surface area contributed by atoms with E-state index in [1.165, 1.54) is 0 Å². The molecule has 2 aliphatic heterocycles. The normalized spacial score (nSPS) is 35.4. The number of amides is 1. The minimum atomic E-state index is -1.66. The zero-order valence-corrected chi connectivity index (χ0v) is 16.2. The number of carbonyl (C=O) groups is 1. The molecule has 3 rings (SSSR count). The molecule has 1 amide bonds. The zero-order valence-electron chi connectivity index (χ0n) is 15.4. The van der Waals surface area contributed by atoms with Crippen LogP contribution in [0.1, 0.15) is 19.4 Å². The summed E-state index contributed by atoms with van der Waals surface area (Å²) in [5, 5.41) is 40.5. The highest BCUT2D eigenvalue weighted by molar-refractivity contribution is 6.31. The number of carbonyl (C=O) groups excluding carboxylic acids is 1. The average Bonchev–Trinajstić information content (AvgIpc) is 2.87. The molecule has 2 aliphatic rings. The van der Waals surface area contributed by atoms with Crippen molar-refractivity contribution in [2.75, 3.05) is 6.61 Å². The summed E-state index contributed by atoms with van der Waals surface area (Å²) >= 11 is 6.14. The Bertz CT molecular complexity index is 717. The van der Waals surface area contributed by atoms with Gasteiger partial charge >= 0.3 is 0 Å². The maximum atomic E-state index is 12.7. The predicted molar refractivity (Wildman–Crippen MR) is 95.5 cm³/mol. The molecule has 28 heavy (non-hydrogen) atoms. The van der Waals surface area contributed by atoms with Gasteiger partial charge in [-0.1, -0.05) is 29.8 Å². The third-order valence-electron chi connectivity index (χ3n) is 4.96. The lowest BCUT2D eigenvalue weighted by molar-refractivity contribution is -0.307. The van der Waals surface area contributed by atoms with Gasteiger partial charge in [0.15, 0.2) is 12.6 Å². The second kappa shape index (κ2) is 8.21. The molecule has 1 aromatic carbocycles. The van der Waals surface area contributed by atoms with Crippen LogP contribution in [0.25, 0.3) is 0 Å². The maximum Gasteiger partial charge on any atom is 0.257 e. The first-order chi connectivity index (χ1) is 13.1. The van der Waals surface area contributed by atoms with Crippen molar-refractivity contribution in [3.05, 3.63) is 34.9 Å². The Morgan fingerprint density at radius 3 is 2.50 bits per heavy atom. The van der Waals surface area contributed by atoms with E-state index < -0.39 is 42.4 Å². The van der Waals surface area contributed by atoms with E-state index in [4.69, 9.17) is 25.9 Å². The van der Waals surface area contributed by atoms with Gasteiger partial charge in [-0.15, -0.1) is 0 Å². The van der Waals surface area contributed by atoms with Crippen molar-refractivity contribution in [2.24, 2.45) is 5.41 Å². The Morgan fingerprint density at radius 1 is 1.14 bits per heavy atom. The van der Waals surface area contributed by atoms with E-state index in [9.17, 15) is 25.2 Å². The molecule has 0 aromatic heterocycles. The average molecular weight is 418 g/mol.